The SMILES string of the molecule is C1CCOC1.Cc1ccc(S(=O)(=O)n2c3c(c4cc(Cl)c(Cl)cc42)CCCC3(O[Si](C)(C)C)C(F)(F)F)cc1.Cc1ccc(S(=O)(=O)n2c3c(c4cc(Cl)c(Cl)cc42)CCCC3=O)cc1. The molecule has 65 heavy (non-hydrogen) atoms. The Balaban J connectivity index is 0.000000179. The lowest BCUT2D eigenvalue weighted by Gasteiger charge is -2.43. The molecule has 0 amide bonds. The number of benzene rings is 4. The number of fused-ring (bicyclic) bond motifs is 6. The maximum atomic E-state index is 15.0. The van der Waals surface area contributed by atoms with E-state index in [1.807, 2.05) is 6.92 Å². The topological polar surface area (TPSA) is 114 Å². The number of rotatable bonds is 6. The van der Waals surface area contributed by atoms with Crippen molar-refractivity contribution >= 4 is 102 Å². The van der Waals surface area contributed by atoms with Crippen molar-refractivity contribution in [2.24, 2.45) is 0 Å². The van der Waals surface area contributed by atoms with E-state index >= 15 is 0 Å². The molecule has 1 atom stereocenters. The molecule has 1 saturated heterocycles. The van der Waals surface area contributed by atoms with Crippen LogP contribution in [0.4, 0.5) is 13.2 Å². The van der Waals surface area contributed by atoms with E-state index in [2.05, 4.69) is 0 Å². The van der Waals surface area contributed by atoms with Crippen LogP contribution in [0.3, 0.4) is 0 Å². The fraction of sp³-hybridized carbons (Fsp3) is 0.370. The molecule has 3 aliphatic rings. The first-order valence-corrected chi connectivity index (χ1v) is 28.8. The Morgan fingerprint density at radius 2 is 1.09 bits per heavy atom. The predicted octanol–water partition coefficient (Wildman–Crippen LogP) is 13.2. The molecule has 0 radical (unpaired) electrons. The number of hydrogen-bond donors (Lipinski definition) is 0. The van der Waals surface area contributed by atoms with Crippen LogP contribution >= 0.6 is 46.4 Å². The summed E-state index contributed by atoms with van der Waals surface area (Å²) < 4.78 is 112. The lowest BCUT2D eigenvalue weighted by atomic mass is 9.82. The van der Waals surface area contributed by atoms with Crippen LogP contribution in [0.5, 0.6) is 0 Å². The van der Waals surface area contributed by atoms with E-state index < -0.39 is 45.8 Å². The summed E-state index contributed by atoms with van der Waals surface area (Å²) in [5, 5.41) is 1.77. The number of aryl methyl sites for hydroxylation is 4. The van der Waals surface area contributed by atoms with Crippen molar-refractivity contribution in [3.05, 3.63) is 127 Å². The largest absolute Gasteiger partial charge is 0.422 e. The highest BCUT2D eigenvalue weighted by molar-refractivity contribution is 7.90. The molecule has 19 heteroatoms. The third-order valence-corrected chi connectivity index (χ3v) is 17.3. The van der Waals surface area contributed by atoms with Crippen LogP contribution in [0.2, 0.25) is 39.7 Å². The fourth-order valence-corrected chi connectivity index (χ4v) is 13.8. The first kappa shape index (κ1) is 49.5. The minimum atomic E-state index is -4.86. The van der Waals surface area contributed by atoms with Gasteiger partial charge in [-0.15, -0.1) is 0 Å². The number of halogens is 7. The molecule has 4 aromatic carbocycles. The summed E-state index contributed by atoms with van der Waals surface area (Å²) in [6.45, 7) is 10.6. The van der Waals surface area contributed by atoms with Crippen LogP contribution in [0.15, 0.2) is 82.6 Å². The predicted molar refractivity (Wildman–Crippen MR) is 254 cm³/mol. The van der Waals surface area contributed by atoms with Crippen molar-refractivity contribution in [2.45, 2.75) is 106 Å². The highest BCUT2D eigenvalue weighted by atomic mass is 35.5. The molecule has 1 unspecified atom stereocenters. The van der Waals surface area contributed by atoms with Gasteiger partial charge < -0.3 is 9.16 Å². The molecular formula is C46H47Cl4F3N2O7S2Si. The number of carbonyl (C=O) groups excluding carboxylic acids is 1. The molecule has 0 saturated carbocycles. The third kappa shape index (κ3) is 9.56. The minimum Gasteiger partial charge on any atom is -0.399 e. The molecule has 1 aliphatic heterocycles. The van der Waals surface area contributed by atoms with E-state index in [9.17, 15) is 34.8 Å². The summed E-state index contributed by atoms with van der Waals surface area (Å²) in [6.07, 6.45) is -0.593. The van der Waals surface area contributed by atoms with Gasteiger partial charge >= 0.3 is 6.18 Å². The number of nitrogens with zero attached hydrogens (tertiary/aromatic N) is 2. The molecule has 6 aromatic rings. The van der Waals surface area contributed by atoms with Gasteiger partial charge in [0, 0.05) is 30.4 Å². The molecule has 2 aliphatic carbocycles. The second-order valence-electron chi connectivity index (χ2n) is 17.4. The molecule has 2 aromatic heterocycles. The van der Waals surface area contributed by atoms with E-state index in [0.717, 1.165) is 37.8 Å². The van der Waals surface area contributed by atoms with Crippen LogP contribution in [-0.4, -0.2) is 58.3 Å². The number of ether oxygens (including phenoxy) is 1. The van der Waals surface area contributed by atoms with Crippen LogP contribution in [0.25, 0.3) is 21.8 Å². The highest BCUT2D eigenvalue weighted by Gasteiger charge is 2.63. The summed E-state index contributed by atoms with van der Waals surface area (Å²) in [5.74, 6) is -0.176. The standard InChI is InChI=1S/C23H24Cl2F3NO3SSi.C19H15Cl2NO3S.C4H8O/c1-14-7-9-15(10-8-14)33(30,31)29-20-13-19(25)18(24)12-17(20)16-6-5-11-22(21(16)29,23(26,27)28)32-34(2,3)4;1-11-5-7-12(8-6-11)26(24,25)22-17-10-16(21)15(20)9-14(17)13-3-2-4-18(23)19(13)22;1-2-4-5-3-1/h7-10,12-13H,5-6,11H2,1-4H3;5-10H,2-4H2,1H3;1-4H2. The normalized spacial score (nSPS) is 17.9. The van der Waals surface area contributed by atoms with Crippen LogP contribution in [0, 0.1) is 13.8 Å². The summed E-state index contributed by atoms with van der Waals surface area (Å²) >= 11 is 24.7. The van der Waals surface area contributed by atoms with E-state index in [4.69, 9.17) is 55.6 Å². The van der Waals surface area contributed by atoms with Crippen LogP contribution < -0.4 is 0 Å². The molecule has 9 nitrogen and oxygen atoms in total. The Morgan fingerprint density at radius 3 is 1.55 bits per heavy atom. The summed E-state index contributed by atoms with van der Waals surface area (Å²) in [4.78, 5) is 12.6. The van der Waals surface area contributed by atoms with Gasteiger partial charge in [-0.1, -0.05) is 81.8 Å². The van der Waals surface area contributed by atoms with Crippen molar-refractivity contribution < 1.29 is 44.0 Å². The quantitative estimate of drug-likeness (QED) is 0.153. The lowest BCUT2D eigenvalue weighted by molar-refractivity contribution is -0.264. The Bertz CT molecular complexity index is 3030. The number of carbonyl (C=O) groups is 1. The minimum absolute atomic E-state index is 0.0492. The first-order chi connectivity index (χ1) is 30.4. The van der Waals surface area contributed by atoms with E-state index in [1.165, 1.54) is 43.2 Å². The van der Waals surface area contributed by atoms with Gasteiger partial charge in [0.25, 0.3) is 20.0 Å². The molecule has 3 heterocycles. The highest BCUT2D eigenvalue weighted by Crippen LogP contribution is 2.54. The first-order valence-electron chi connectivity index (χ1n) is 21.0. The summed E-state index contributed by atoms with van der Waals surface area (Å²) in [7, 11) is -11.2. The second kappa shape index (κ2) is 18.6. The Kier molecular flexibility index (Phi) is 14.2. The van der Waals surface area contributed by atoms with Crippen LogP contribution in [-0.2, 0) is 47.7 Å². The van der Waals surface area contributed by atoms with Gasteiger partial charge in [-0.3, -0.25) is 4.79 Å². The molecule has 1 fully saturated rings. The van der Waals surface area contributed by atoms with Crippen LogP contribution in [0.1, 0.15) is 77.0 Å². The molecule has 9 rings (SSSR count). The molecular weight excluding hydrogens is 984 g/mol. The maximum absolute atomic E-state index is 15.0. The van der Waals surface area contributed by atoms with Gasteiger partial charge in [0.05, 0.1) is 46.6 Å². The van der Waals surface area contributed by atoms with E-state index in [0.29, 0.717) is 40.6 Å². The van der Waals surface area contributed by atoms with Gasteiger partial charge in [0.1, 0.15) is 5.69 Å². The number of hydrogen-bond acceptors (Lipinski definition) is 7. The summed E-state index contributed by atoms with van der Waals surface area (Å²) in [5.41, 5.74) is 0.259. The Labute approximate surface area is 397 Å². The zero-order valence-corrected chi connectivity index (χ0v) is 41.9. The zero-order chi connectivity index (χ0) is 47.4. The Morgan fingerprint density at radius 1 is 0.646 bits per heavy atom. The van der Waals surface area contributed by atoms with Gasteiger partial charge in [-0.05, 0) is 138 Å². The second-order valence-corrected chi connectivity index (χ2v) is 27.0. The molecule has 0 N–H and O–H groups in total. The fourth-order valence-electron chi connectivity index (χ4n) is 8.60. The summed E-state index contributed by atoms with van der Waals surface area (Å²) in [6, 6.07) is 18.5. The van der Waals surface area contributed by atoms with Crippen molar-refractivity contribution in [1.29, 1.82) is 0 Å². The van der Waals surface area contributed by atoms with Gasteiger partial charge in [0.2, 0.25) is 0 Å². The van der Waals surface area contributed by atoms with Crippen molar-refractivity contribution in [3.63, 3.8) is 0 Å². The molecule has 0 spiro atoms. The molecule has 0 bridgehead atoms. The van der Waals surface area contributed by atoms with E-state index in [1.54, 1.807) is 69.0 Å². The van der Waals surface area contributed by atoms with Gasteiger partial charge in [-0.2, -0.15) is 13.2 Å². The van der Waals surface area contributed by atoms with Gasteiger partial charge in [0.15, 0.2) is 19.7 Å². The van der Waals surface area contributed by atoms with Crippen molar-refractivity contribution in [2.75, 3.05) is 13.2 Å². The smallest absolute Gasteiger partial charge is 0.399 e. The number of alkyl halides is 3. The zero-order valence-electron chi connectivity index (χ0n) is 36.2. The number of Topliss-reactive ketones (excluding diaryl/α,β-unsaturated/α-hetero) is 1. The lowest BCUT2D eigenvalue weighted by Crippen LogP contribution is -2.53. The van der Waals surface area contributed by atoms with Gasteiger partial charge in [-0.25, -0.2) is 24.8 Å². The Hall–Kier alpha value is -3.38. The number of ketones is 1. The number of aromatic nitrogens is 2. The van der Waals surface area contributed by atoms with Crippen molar-refractivity contribution in [3.8, 4) is 0 Å². The van der Waals surface area contributed by atoms with E-state index in [-0.39, 0.29) is 66.7 Å². The third-order valence-electron chi connectivity index (χ3n) is 11.5. The average molecular weight is 1030 g/mol. The average Bonchev–Trinajstić information content (AvgIpc) is 3.98. The van der Waals surface area contributed by atoms with Crippen molar-refractivity contribution in [1.82, 2.24) is 7.94 Å². The molecule has 348 valence electrons. The monoisotopic (exact) mass is 1030 g/mol. The maximum Gasteiger partial charge on any atom is 0.422 e.